The zero-order chi connectivity index (χ0) is 31.2. The highest BCUT2D eigenvalue weighted by Gasteiger charge is 2.54. The van der Waals surface area contributed by atoms with Gasteiger partial charge in [-0.15, -0.1) is 0 Å². The van der Waals surface area contributed by atoms with Gasteiger partial charge in [-0.2, -0.15) is 0 Å². The van der Waals surface area contributed by atoms with Gasteiger partial charge in [0.1, 0.15) is 5.75 Å². The van der Waals surface area contributed by atoms with E-state index in [1.807, 2.05) is 24.3 Å². The van der Waals surface area contributed by atoms with Gasteiger partial charge in [0.05, 0.1) is 13.2 Å². The maximum absolute atomic E-state index is 14.3. The van der Waals surface area contributed by atoms with Crippen molar-refractivity contribution >= 4 is 17.5 Å². The van der Waals surface area contributed by atoms with Crippen LogP contribution in [0.2, 0.25) is 0 Å². The van der Waals surface area contributed by atoms with Gasteiger partial charge in [0.25, 0.3) is 5.91 Å². The Morgan fingerprint density at radius 2 is 1.77 bits per heavy atom. The van der Waals surface area contributed by atoms with E-state index in [1.165, 1.54) is 0 Å². The van der Waals surface area contributed by atoms with Crippen LogP contribution in [-0.4, -0.2) is 55.9 Å². The molecule has 2 atom stereocenters. The number of carbonyl (C=O) groups excluding carboxylic acids is 1. The minimum atomic E-state index is -1.54. The second kappa shape index (κ2) is 16.0. The minimum Gasteiger partial charge on any atom is -0.494 e. The zero-order valence-electron chi connectivity index (χ0n) is 24.4. The summed E-state index contributed by atoms with van der Waals surface area (Å²) in [6, 6.07) is 21.4. The number of aliphatic hydroxyl groups is 1. The SMILES string of the molecule is COCCCNC(=O)[C@]1(Cc2ccccc2N=[N+]=[N-])N=C(c2ccc(OCCCO)cc2)O[C@@H]1c1ccccc1CN=[N+]=[N-]. The normalized spacial score (nSPS) is 17.0. The fourth-order valence-corrected chi connectivity index (χ4v) is 4.97. The van der Waals surface area contributed by atoms with E-state index in [0.717, 1.165) is 0 Å². The topological polar surface area (TPSA) is 187 Å². The monoisotopic (exact) mass is 598 g/mol. The van der Waals surface area contributed by atoms with Crippen LogP contribution in [0.25, 0.3) is 20.9 Å². The highest BCUT2D eigenvalue weighted by molar-refractivity contribution is 6.01. The third-order valence-corrected chi connectivity index (χ3v) is 7.09. The van der Waals surface area contributed by atoms with Crippen molar-refractivity contribution in [3.8, 4) is 5.75 Å². The van der Waals surface area contributed by atoms with Gasteiger partial charge in [0, 0.05) is 60.8 Å². The molecule has 1 aliphatic rings. The Morgan fingerprint density at radius 3 is 2.50 bits per heavy atom. The van der Waals surface area contributed by atoms with Gasteiger partial charge >= 0.3 is 0 Å². The average Bonchev–Trinajstić information content (AvgIpc) is 3.44. The number of hydrogen-bond acceptors (Lipinski definition) is 8. The minimum absolute atomic E-state index is 0.0314. The fraction of sp³-hybridized carbons (Fsp3) is 0.355. The van der Waals surface area contributed by atoms with Crippen LogP contribution in [-0.2, 0) is 27.2 Å². The number of rotatable bonds is 16. The summed E-state index contributed by atoms with van der Waals surface area (Å²) in [4.78, 5) is 25.2. The number of methoxy groups -OCH3 is 1. The van der Waals surface area contributed by atoms with Gasteiger partial charge in [0.2, 0.25) is 5.90 Å². The Bertz CT molecular complexity index is 1550. The predicted octanol–water partition coefficient (Wildman–Crippen LogP) is 5.85. The maximum Gasteiger partial charge on any atom is 0.252 e. The van der Waals surface area contributed by atoms with E-state index in [9.17, 15) is 10.3 Å². The van der Waals surface area contributed by atoms with Gasteiger partial charge in [-0.25, -0.2) is 4.99 Å². The van der Waals surface area contributed by atoms with E-state index in [4.69, 9.17) is 29.8 Å². The Labute approximate surface area is 254 Å². The van der Waals surface area contributed by atoms with E-state index in [-0.39, 0.29) is 31.4 Å². The number of carbonyl (C=O) groups is 1. The van der Waals surface area contributed by atoms with Crippen molar-refractivity contribution in [3.05, 3.63) is 116 Å². The summed E-state index contributed by atoms with van der Waals surface area (Å²) in [5.41, 5.74) is 19.6. The molecule has 0 bridgehead atoms. The number of nitrogens with zero attached hydrogens (tertiary/aromatic N) is 7. The largest absolute Gasteiger partial charge is 0.494 e. The van der Waals surface area contributed by atoms with E-state index in [1.54, 1.807) is 55.6 Å². The smallest absolute Gasteiger partial charge is 0.252 e. The average molecular weight is 599 g/mol. The Balaban J connectivity index is 1.85. The number of hydrogen-bond donors (Lipinski definition) is 2. The number of aliphatic imine (C=N–C) groups is 1. The summed E-state index contributed by atoms with van der Waals surface area (Å²) >= 11 is 0. The van der Waals surface area contributed by atoms with Crippen LogP contribution in [0.4, 0.5) is 5.69 Å². The molecule has 0 aromatic heterocycles. The fourth-order valence-electron chi connectivity index (χ4n) is 4.97. The quantitative estimate of drug-likeness (QED) is 0.0904. The number of benzene rings is 3. The van der Waals surface area contributed by atoms with Gasteiger partial charge < -0.3 is 24.6 Å². The molecule has 0 fully saturated rings. The Hall–Kier alpha value is -5.06. The first kappa shape index (κ1) is 31.9. The van der Waals surface area contributed by atoms with Crippen molar-refractivity contribution in [2.24, 2.45) is 15.2 Å². The van der Waals surface area contributed by atoms with Crippen LogP contribution in [0.1, 0.15) is 41.2 Å². The molecule has 0 saturated carbocycles. The molecule has 3 aromatic rings. The lowest BCUT2D eigenvalue weighted by molar-refractivity contribution is -0.129. The summed E-state index contributed by atoms with van der Waals surface area (Å²) in [5.74, 6) is 0.471. The van der Waals surface area contributed by atoms with Crippen LogP contribution >= 0.6 is 0 Å². The first-order valence-corrected chi connectivity index (χ1v) is 14.2. The highest BCUT2D eigenvalue weighted by atomic mass is 16.5. The van der Waals surface area contributed by atoms with E-state index in [0.29, 0.717) is 66.3 Å². The van der Waals surface area contributed by atoms with Gasteiger partial charge in [-0.3, -0.25) is 4.79 Å². The summed E-state index contributed by atoms with van der Waals surface area (Å²) in [5, 5.41) is 19.7. The van der Waals surface area contributed by atoms with Gasteiger partial charge in [-0.1, -0.05) is 58.8 Å². The van der Waals surface area contributed by atoms with Crippen LogP contribution in [0.5, 0.6) is 5.75 Å². The molecule has 0 spiro atoms. The van der Waals surface area contributed by atoms with Crippen LogP contribution in [0.15, 0.2) is 88.0 Å². The number of azide groups is 2. The van der Waals surface area contributed by atoms with Crippen molar-refractivity contribution in [1.82, 2.24) is 5.32 Å². The van der Waals surface area contributed by atoms with Crippen LogP contribution in [0.3, 0.4) is 0 Å². The lowest BCUT2D eigenvalue weighted by atomic mass is 9.80. The van der Waals surface area contributed by atoms with Gasteiger partial charge in [0.15, 0.2) is 11.6 Å². The molecule has 0 unspecified atom stereocenters. The number of nitrogens with one attached hydrogen (secondary N) is 1. The predicted molar refractivity (Wildman–Crippen MR) is 164 cm³/mol. The Kier molecular flexibility index (Phi) is 11.6. The van der Waals surface area contributed by atoms with E-state index >= 15 is 0 Å². The first-order chi connectivity index (χ1) is 21.6. The third-order valence-electron chi connectivity index (χ3n) is 7.09. The molecule has 1 heterocycles. The number of amides is 1. The third kappa shape index (κ3) is 7.66. The van der Waals surface area contributed by atoms with E-state index < -0.39 is 11.6 Å². The Morgan fingerprint density at radius 1 is 1.02 bits per heavy atom. The summed E-state index contributed by atoms with van der Waals surface area (Å²) in [7, 11) is 1.59. The molecule has 13 heteroatoms. The van der Waals surface area contributed by atoms with Crippen molar-refractivity contribution in [1.29, 1.82) is 0 Å². The van der Waals surface area contributed by atoms with E-state index in [2.05, 4.69) is 25.4 Å². The van der Waals surface area contributed by atoms with Crippen molar-refractivity contribution < 1.29 is 24.1 Å². The lowest BCUT2D eigenvalue weighted by Crippen LogP contribution is -2.50. The molecular formula is C31H34N8O5. The molecule has 0 aliphatic carbocycles. The van der Waals surface area contributed by atoms with Crippen LogP contribution in [0, 0.1) is 0 Å². The zero-order valence-corrected chi connectivity index (χ0v) is 24.4. The molecule has 3 aromatic carbocycles. The standard InChI is InChI=1S/C31H34N8O5/c1-42-18-6-16-34-30(41)31(20-23-8-3-5-11-27(23)37-39-33)28(26-10-4-2-9-24(26)21-35-38-32)44-29(36-31)22-12-14-25(15-13-22)43-19-7-17-40/h2-5,8-15,28,40H,6-7,16-21H2,1H3,(H,34,41)/t28-,31-/m1/s1. The van der Waals surface area contributed by atoms with Crippen molar-refractivity contribution in [2.75, 3.05) is 33.5 Å². The molecule has 1 aliphatic heterocycles. The second-order valence-corrected chi connectivity index (χ2v) is 9.97. The molecule has 4 rings (SSSR count). The second-order valence-electron chi connectivity index (χ2n) is 9.97. The van der Waals surface area contributed by atoms with Crippen molar-refractivity contribution in [2.45, 2.75) is 37.5 Å². The molecule has 13 nitrogen and oxygen atoms in total. The highest BCUT2D eigenvalue weighted by Crippen LogP contribution is 2.44. The molecule has 1 amide bonds. The lowest BCUT2D eigenvalue weighted by Gasteiger charge is -2.32. The number of aliphatic hydroxyl groups excluding tert-OH is 1. The molecule has 44 heavy (non-hydrogen) atoms. The molecule has 0 radical (unpaired) electrons. The molecular weight excluding hydrogens is 564 g/mol. The molecule has 228 valence electrons. The first-order valence-electron chi connectivity index (χ1n) is 14.2. The molecule has 0 saturated heterocycles. The molecule has 2 N–H and O–H groups in total. The summed E-state index contributed by atoms with van der Waals surface area (Å²) in [6.07, 6.45) is 0.212. The maximum atomic E-state index is 14.3. The summed E-state index contributed by atoms with van der Waals surface area (Å²) < 4.78 is 17.4. The number of ether oxygens (including phenoxy) is 3. The van der Waals surface area contributed by atoms with Crippen LogP contribution < -0.4 is 10.1 Å². The van der Waals surface area contributed by atoms with Crippen molar-refractivity contribution in [3.63, 3.8) is 0 Å². The summed E-state index contributed by atoms with van der Waals surface area (Å²) in [6.45, 7) is 1.24. The van der Waals surface area contributed by atoms with Gasteiger partial charge in [-0.05, 0) is 58.4 Å².